The van der Waals surface area contributed by atoms with Gasteiger partial charge in [-0.3, -0.25) is 19.6 Å². The number of nitriles is 1. The van der Waals surface area contributed by atoms with Gasteiger partial charge < -0.3 is 24.7 Å². The first-order valence-corrected chi connectivity index (χ1v) is 23.5. The average Bonchev–Trinajstić information content (AvgIpc) is 4.08. The van der Waals surface area contributed by atoms with Gasteiger partial charge in [0, 0.05) is 69.5 Å². The number of nitrogens with zero attached hydrogens (tertiary/aromatic N) is 5. The third-order valence-electron chi connectivity index (χ3n) is 13.0. The van der Waals surface area contributed by atoms with Crippen LogP contribution < -0.4 is 10.6 Å². The molecule has 0 fully saturated rings. The lowest BCUT2D eigenvalue weighted by Crippen LogP contribution is -2.33. The molecule has 0 saturated heterocycles. The Morgan fingerprint density at radius 2 is 1.45 bits per heavy atom. The summed E-state index contributed by atoms with van der Waals surface area (Å²) >= 11 is 0. The smallest absolute Gasteiger partial charge is 0.240 e. The van der Waals surface area contributed by atoms with Crippen LogP contribution in [0.2, 0.25) is 0 Å². The number of amides is 2. The van der Waals surface area contributed by atoms with Gasteiger partial charge in [0.1, 0.15) is 41.4 Å². The summed E-state index contributed by atoms with van der Waals surface area (Å²) in [5, 5.41) is 21.3. The minimum absolute atomic E-state index is 0.00110. The van der Waals surface area contributed by atoms with E-state index < -0.39 is 52.6 Å². The summed E-state index contributed by atoms with van der Waals surface area (Å²) in [6, 6.07) is 31.0. The van der Waals surface area contributed by atoms with Gasteiger partial charge in [-0.15, -0.1) is 0 Å². The number of nitrogens with one attached hydrogen (secondary N) is 3. The maximum Gasteiger partial charge on any atom is 0.240 e. The average molecular weight is 995 g/mol. The van der Waals surface area contributed by atoms with Crippen molar-refractivity contribution in [1.82, 2.24) is 35.3 Å². The summed E-state index contributed by atoms with van der Waals surface area (Å²) in [6.07, 6.45) is 5.70. The van der Waals surface area contributed by atoms with Gasteiger partial charge in [0.25, 0.3) is 0 Å². The molecule has 16 heteroatoms. The van der Waals surface area contributed by atoms with Crippen LogP contribution in [-0.2, 0) is 35.4 Å². The SMILES string of the molecule is Cc1noc(C)c1-c1cc(-c2c(F)cc(C[C@H](NC(=O)Cn3ccc4ccccc43)c3ncccc3-c3cccc(C#N)c3)cc2F)cnc1[C@H](Cc1cc(F)cc(F)c1)NC(=O)Cc1c[nH]c2ccc(F)cc12. The van der Waals surface area contributed by atoms with E-state index in [4.69, 9.17) is 9.51 Å². The lowest BCUT2D eigenvalue weighted by Gasteiger charge is -2.23. The number of aryl methyl sites for hydroxylation is 2. The first-order valence-electron chi connectivity index (χ1n) is 23.5. The number of H-pyrrole nitrogens is 1. The molecule has 0 saturated carbocycles. The van der Waals surface area contributed by atoms with Crippen molar-refractivity contribution in [3.8, 4) is 39.4 Å². The molecule has 368 valence electrons. The van der Waals surface area contributed by atoms with Crippen molar-refractivity contribution >= 4 is 33.6 Å². The molecule has 74 heavy (non-hydrogen) atoms. The van der Waals surface area contributed by atoms with E-state index >= 15 is 8.78 Å². The summed E-state index contributed by atoms with van der Waals surface area (Å²) < 4.78 is 84.8. The van der Waals surface area contributed by atoms with E-state index in [1.54, 1.807) is 73.4 Å². The van der Waals surface area contributed by atoms with Crippen molar-refractivity contribution in [3.05, 3.63) is 220 Å². The minimum atomic E-state index is -1.09. The van der Waals surface area contributed by atoms with Crippen molar-refractivity contribution in [3.63, 3.8) is 0 Å². The molecule has 0 radical (unpaired) electrons. The second-order valence-electron chi connectivity index (χ2n) is 18.0. The Bertz CT molecular complexity index is 3780. The van der Waals surface area contributed by atoms with E-state index in [-0.39, 0.29) is 59.7 Å². The number of aromatic nitrogens is 5. The van der Waals surface area contributed by atoms with E-state index in [9.17, 15) is 28.0 Å². The predicted octanol–water partition coefficient (Wildman–Crippen LogP) is 11.8. The van der Waals surface area contributed by atoms with Gasteiger partial charge in [-0.05, 0) is 133 Å². The topological polar surface area (TPSA) is 155 Å². The molecule has 0 aliphatic heterocycles. The number of benzene rings is 5. The molecule has 5 heterocycles. The summed E-state index contributed by atoms with van der Waals surface area (Å²) in [6.45, 7) is 3.23. The normalized spacial score (nSPS) is 12.2. The number of pyridine rings is 2. The molecule has 0 aliphatic carbocycles. The Labute approximate surface area is 420 Å². The Balaban J connectivity index is 1.02. The van der Waals surface area contributed by atoms with Crippen molar-refractivity contribution in [1.29, 1.82) is 5.26 Å². The summed E-state index contributed by atoms with van der Waals surface area (Å²) in [7, 11) is 0. The number of hydrogen-bond donors (Lipinski definition) is 3. The molecule has 10 aromatic rings. The molecular formula is C58H43F5N8O3. The highest BCUT2D eigenvalue weighted by Crippen LogP contribution is 2.39. The molecule has 0 unspecified atom stereocenters. The third-order valence-corrected chi connectivity index (χ3v) is 13.0. The maximum atomic E-state index is 16.9. The zero-order valence-electron chi connectivity index (χ0n) is 39.7. The van der Waals surface area contributed by atoms with Crippen molar-refractivity contribution in [2.45, 2.75) is 51.7 Å². The highest BCUT2D eigenvalue weighted by Gasteiger charge is 2.28. The molecule has 10 rings (SSSR count). The van der Waals surface area contributed by atoms with Crippen LogP contribution in [0.25, 0.3) is 55.2 Å². The highest BCUT2D eigenvalue weighted by atomic mass is 19.1. The third kappa shape index (κ3) is 10.1. The lowest BCUT2D eigenvalue weighted by molar-refractivity contribution is -0.122. The Morgan fingerprint density at radius 3 is 2.19 bits per heavy atom. The van der Waals surface area contributed by atoms with Crippen LogP contribution in [0.5, 0.6) is 0 Å². The molecule has 2 amide bonds. The first-order chi connectivity index (χ1) is 35.8. The molecule has 3 N–H and O–H groups in total. The molecule has 5 aromatic heterocycles. The van der Waals surface area contributed by atoms with E-state index in [0.29, 0.717) is 55.9 Å². The molecule has 2 atom stereocenters. The Morgan fingerprint density at radius 1 is 0.716 bits per heavy atom. The molecule has 0 aliphatic rings. The van der Waals surface area contributed by atoms with Crippen LogP contribution in [0, 0.1) is 54.3 Å². The standard InChI is InChI=1S/C58H43F5N8O3/c1-32-55(33(2)74-70-32)46-24-40(30-67-58(46)51(22-35-18-42(60)26-43(61)19-35)68-53(72)25-39-29-66-49-13-12-41(59)27-45(39)49)56-47(62)20-36(21-48(56)63)23-50(69-54(73)31-71-16-14-37-8-3-4-11-52(37)71)57-44(10-6-15-65-57)38-9-5-7-34(17-38)28-64/h3-21,24,26-27,29-30,50-51,66H,22-23,25,31H2,1-2H3,(H,68,72)(H,69,73)/t50-,51-/m0/s1. The van der Waals surface area contributed by atoms with Crippen molar-refractivity contribution < 1.29 is 36.1 Å². The van der Waals surface area contributed by atoms with Gasteiger partial charge in [-0.2, -0.15) is 5.26 Å². The quantitative estimate of drug-likeness (QED) is 0.0864. The van der Waals surface area contributed by atoms with Crippen LogP contribution in [0.3, 0.4) is 0 Å². The molecular weight excluding hydrogens is 952 g/mol. The molecule has 0 bridgehead atoms. The number of halogens is 5. The van der Waals surface area contributed by atoms with E-state index in [2.05, 4.69) is 31.8 Å². The number of aromatic amines is 1. The predicted molar refractivity (Wildman–Crippen MR) is 268 cm³/mol. The zero-order chi connectivity index (χ0) is 51.6. The molecule has 5 aromatic carbocycles. The number of carbonyl (C=O) groups is 2. The van der Waals surface area contributed by atoms with Crippen molar-refractivity contribution in [2.75, 3.05) is 0 Å². The van der Waals surface area contributed by atoms with E-state index in [0.717, 1.165) is 29.1 Å². The fourth-order valence-electron chi connectivity index (χ4n) is 9.69. The van der Waals surface area contributed by atoms with E-state index in [1.807, 2.05) is 36.4 Å². The van der Waals surface area contributed by atoms with Crippen LogP contribution in [0.4, 0.5) is 22.0 Å². The van der Waals surface area contributed by atoms with Gasteiger partial charge in [0.15, 0.2) is 0 Å². The fourth-order valence-corrected chi connectivity index (χ4v) is 9.69. The number of para-hydroxylation sites is 1. The molecule has 0 spiro atoms. The Hall–Kier alpha value is -9.23. The van der Waals surface area contributed by atoms with Gasteiger partial charge in [-0.25, -0.2) is 22.0 Å². The first kappa shape index (κ1) is 48.4. The summed E-state index contributed by atoms with van der Waals surface area (Å²) in [5.74, 6) is -4.72. The highest BCUT2D eigenvalue weighted by molar-refractivity contribution is 5.89. The monoisotopic (exact) mass is 994 g/mol. The number of rotatable bonds is 15. The fraction of sp³-hybridized carbons (Fsp3) is 0.138. The largest absolute Gasteiger partial charge is 0.361 e. The number of fused-ring (bicyclic) bond motifs is 2. The van der Waals surface area contributed by atoms with Crippen LogP contribution in [-0.4, -0.2) is 36.5 Å². The number of hydrogen-bond acceptors (Lipinski definition) is 7. The van der Waals surface area contributed by atoms with Gasteiger partial charge in [0.2, 0.25) is 11.8 Å². The zero-order valence-corrected chi connectivity index (χ0v) is 39.7. The van der Waals surface area contributed by atoms with Gasteiger partial charge in [-0.1, -0.05) is 41.6 Å². The van der Waals surface area contributed by atoms with E-state index in [1.165, 1.54) is 36.5 Å². The summed E-state index contributed by atoms with van der Waals surface area (Å²) in [4.78, 5) is 40.4. The van der Waals surface area contributed by atoms with Crippen LogP contribution >= 0.6 is 0 Å². The molecule has 11 nitrogen and oxygen atoms in total. The van der Waals surface area contributed by atoms with Gasteiger partial charge in [0.05, 0.1) is 52.8 Å². The minimum Gasteiger partial charge on any atom is -0.361 e. The van der Waals surface area contributed by atoms with Crippen LogP contribution in [0.15, 0.2) is 151 Å². The maximum absolute atomic E-state index is 16.9. The second-order valence-corrected chi connectivity index (χ2v) is 18.0. The van der Waals surface area contributed by atoms with Crippen molar-refractivity contribution in [2.24, 2.45) is 0 Å². The summed E-state index contributed by atoms with van der Waals surface area (Å²) in [5.41, 5.74) is 5.13. The second kappa shape index (κ2) is 20.5. The lowest BCUT2D eigenvalue weighted by atomic mass is 9.91. The van der Waals surface area contributed by atoms with Crippen LogP contribution in [0.1, 0.15) is 57.2 Å². The Kier molecular flexibility index (Phi) is 13.4. The van der Waals surface area contributed by atoms with Gasteiger partial charge >= 0.3 is 0 Å². The number of carbonyl (C=O) groups excluding carboxylic acids is 2.